The summed E-state index contributed by atoms with van der Waals surface area (Å²) in [7, 11) is 0. The summed E-state index contributed by atoms with van der Waals surface area (Å²) < 4.78 is 0. The van der Waals surface area contributed by atoms with Gasteiger partial charge in [0.15, 0.2) is 11.7 Å². The molecule has 0 spiro atoms. The third kappa shape index (κ3) is 2.02. The second-order valence-corrected chi connectivity index (χ2v) is 3.44. The molecule has 2 rings (SSSR count). The van der Waals surface area contributed by atoms with Crippen LogP contribution in [-0.2, 0) is 9.68 Å². The Morgan fingerprint density at radius 3 is 1.71 bits per heavy atom. The highest BCUT2D eigenvalue weighted by atomic mass is 16.7. The second kappa shape index (κ2) is 3.93. The summed E-state index contributed by atoms with van der Waals surface area (Å²) in [5.41, 5.74) is 5.46. The molecule has 78 valence electrons. The molecule has 0 aromatic carbocycles. The molecule has 0 saturated carbocycles. The van der Waals surface area contributed by atoms with Crippen LogP contribution in [0.4, 0.5) is 0 Å². The molecule has 0 aromatic heterocycles. The van der Waals surface area contributed by atoms with E-state index in [2.05, 4.69) is 20.9 Å². The average molecular weight is 198 g/mol. The molecular weight excluding hydrogens is 184 g/mol. The van der Waals surface area contributed by atoms with Gasteiger partial charge in [-0.25, -0.2) is 11.0 Å². The summed E-state index contributed by atoms with van der Waals surface area (Å²) >= 11 is 0. The summed E-state index contributed by atoms with van der Waals surface area (Å²) in [5.74, 6) is 1.21. The van der Waals surface area contributed by atoms with Crippen LogP contribution in [0.15, 0.2) is 9.98 Å². The number of hydrogen-bond acceptors (Lipinski definition) is 6. The molecule has 0 bridgehead atoms. The quantitative estimate of drug-likeness (QED) is 0.603. The summed E-state index contributed by atoms with van der Waals surface area (Å²) in [6, 6.07) is 0. The minimum Gasteiger partial charge on any atom is -0.270 e. The highest BCUT2D eigenvalue weighted by Gasteiger charge is 2.19. The first-order chi connectivity index (χ1) is 6.75. The standard InChI is InChI=1S/C8H14N4O2/c1-5-3-9-7(11-13-5)8-10-4-6(2)14-12-8/h5-6H,3-4H2,1-2H3,(H,9,11)(H,10,12). The average Bonchev–Trinajstić information content (AvgIpc) is 2.21. The van der Waals surface area contributed by atoms with E-state index in [1.807, 2.05) is 13.8 Å². The van der Waals surface area contributed by atoms with Gasteiger partial charge in [-0.15, -0.1) is 0 Å². The second-order valence-electron chi connectivity index (χ2n) is 3.44. The van der Waals surface area contributed by atoms with Crippen molar-refractivity contribution in [1.29, 1.82) is 0 Å². The van der Waals surface area contributed by atoms with E-state index in [1.54, 1.807) is 0 Å². The Kier molecular flexibility index (Phi) is 2.64. The van der Waals surface area contributed by atoms with Gasteiger partial charge < -0.3 is 0 Å². The lowest BCUT2D eigenvalue weighted by Crippen LogP contribution is -2.48. The zero-order chi connectivity index (χ0) is 9.97. The van der Waals surface area contributed by atoms with Crippen molar-refractivity contribution in [2.24, 2.45) is 9.98 Å². The zero-order valence-electron chi connectivity index (χ0n) is 8.28. The monoisotopic (exact) mass is 198 g/mol. The van der Waals surface area contributed by atoms with Crippen molar-refractivity contribution in [2.75, 3.05) is 13.1 Å². The SMILES string of the molecule is CC1CN=C(C2=NCC(C)ON2)NO1. The minimum absolute atomic E-state index is 0.0998. The van der Waals surface area contributed by atoms with E-state index in [-0.39, 0.29) is 12.2 Å². The lowest BCUT2D eigenvalue weighted by molar-refractivity contribution is 0.00990. The van der Waals surface area contributed by atoms with Gasteiger partial charge in [0.25, 0.3) is 0 Å². The topological polar surface area (TPSA) is 67.2 Å². The fourth-order valence-electron chi connectivity index (χ4n) is 1.14. The van der Waals surface area contributed by atoms with Crippen LogP contribution in [0.25, 0.3) is 0 Å². The highest BCUT2D eigenvalue weighted by molar-refractivity contribution is 6.40. The number of nitrogens with zero attached hydrogens (tertiary/aromatic N) is 2. The summed E-state index contributed by atoms with van der Waals surface area (Å²) in [5, 5.41) is 0. The molecular formula is C8H14N4O2. The van der Waals surface area contributed by atoms with Gasteiger partial charge in [0, 0.05) is 0 Å². The van der Waals surface area contributed by atoms with Crippen LogP contribution in [0.2, 0.25) is 0 Å². The lowest BCUT2D eigenvalue weighted by Gasteiger charge is -2.24. The maximum Gasteiger partial charge on any atom is 0.190 e. The fourth-order valence-corrected chi connectivity index (χ4v) is 1.14. The van der Waals surface area contributed by atoms with E-state index in [0.29, 0.717) is 24.8 Å². The minimum atomic E-state index is 0.0998. The third-order valence-corrected chi connectivity index (χ3v) is 1.95. The van der Waals surface area contributed by atoms with Gasteiger partial charge >= 0.3 is 0 Å². The molecule has 0 aliphatic carbocycles. The number of amidine groups is 2. The van der Waals surface area contributed by atoms with Crippen LogP contribution in [0.5, 0.6) is 0 Å². The fraction of sp³-hybridized carbons (Fsp3) is 0.750. The first-order valence-electron chi connectivity index (χ1n) is 4.68. The van der Waals surface area contributed by atoms with Crippen LogP contribution in [-0.4, -0.2) is 37.0 Å². The number of hydrogen-bond donors (Lipinski definition) is 2. The summed E-state index contributed by atoms with van der Waals surface area (Å²) in [4.78, 5) is 19.0. The normalized spacial score (nSPS) is 32.4. The maximum absolute atomic E-state index is 5.21. The molecule has 2 heterocycles. The van der Waals surface area contributed by atoms with Gasteiger partial charge in [-0.2, -0.15) is 0 Å². The molecule has 14 heavy (non-hydrogen) atoms. The molecule has 0 fully saturated rings. The molecule has 0 saturated heterocycles. The summed E-state index contributed by atoms with van der Waals surface area (Å²) in [6.45, 7) is 5.17. The number of rotatable bonds is 1. The molecule has 2 atom stereocenters. The first kappa shape index (κ1) is 9.42. The van der Waals surface area contributed by atoms with Gasteiger partial charge in [0.1, 0.15) is 12.2 Å². The molecule has 2 N–H and O–H groups in total. The van der Waals surface area contributed by atoms with E-state index in [1.165, 1.54) is 0 Å². The van der Waals surface area contributed by atoms with Gasteiger partial charge in [0.2, 0.25) is 0 Å². The van der Waals surface area contributed by atoms with Crippen LogP contribution in [0.1, 0.15) is 13.8 Å². The van der Waals surface area contributed by atoms with Gasteiger partial charge in [-0.1, -0.05) is 0 Å². The third-order valence-electron chi connectivity index (χ3n) is 1.95. The van der Waals surface area contributed by atoms with Crippen LogP contribution in [0.3, 0.4) is 0 Å². The van der Waals surface area contributed by atoms with E-state index in [4.69, 9.17) is 9.68 Å². The van der Waals surface area contributed by atoms with Crippen molar-refractivity contribution in [3.8, 4) is 0 Å². The molecule has 2 aliphatic rings. The Hall–Kier alpha value is -1.14. The van der Waals surface area contributed by atoms with E-state index in [9.17, 15) is 0 Å². The number of hydroxylamine groups is 2. The van der Waals surface area contributed by atoms with E-state index < -0.39 is 0 Å². The van der Waals surface area contributed by atoms with Crippen molar-refractivity contribution in [2.45, 2.75) is 26.1 Å². The lowest BCUT2D eigenvalue weighted by atomic mass is 10.3. The van der Waals surface area contributed by atoms with Crippen LogP contribution < -0.4 is 11.0 Å². The predicted molar refractivity (Wildman–Crippen MR) is 52.0 cm³/mol. The molecule has 0 amide bonds. The zero-order valence-corrected chi connectivity index (χ0v) is 8.28. The van der Waals surface area contributed by atoms with Gasteiger partial charge in [-0.3, -0.25) is 19.7 Å². The molecule has 6 heteroatoms. The Bertz CT molecular complexity index is 249. The van der Waals surface area contributed by atoms with E-state index in [0.717, 1.165) is 0 Å². The number of aliphatic imine (C=N–C) groups is 2. The van der Waals surface area contributed by atoms with Crippen molar-refractivity contribution in [1.82, 2.24) is 11.0 Å². The highest BCUT2D eigenvalue weighted by Crippen LogP contribution is 2.00. The number of nitrogens with one attached hydrogen (secondary N) is 2. The Morgan fingerprint density at radius 2 is 1.43 bits per heavy atom. The Labute approximate surface area is 82.3 Å². The molecule has 6 nitrogen and oxygen atoms in total. The summed E-state index contributed by atoms with van der Waals surface area (Å²) in [6.07, 6.45) is 0.200. The van der Waals surface area contributed by atoms with Gasteiger partial charge in [0.05, 0.1) is 13.1 Å². The maximum atomic E-state index is 5.21. The first-order valence-corrected chi connectivity index (χ1v) is 4.68. The van der Waals surface area contributed by atoms with Gasteiger partial charge in [-0.05, 0) is 13.8 Å². The Balaban J connectivity index is 2.02. The molecule has 2 aliphatic heterocycles. The van der Waals surface area contributed by atoms with E-state index >= 15 is 0 Å². The smallest absolute Gasteiger partial charge is 0.190 e. The molecule has 0 radical (unpaired) electrons. The Morgan fingerprint density at radius 1 is 1.00 bits per heavy atom. The van der Waals surface area contributed by atoms with Crippen molar-refractivity contribution in [3.63, 3.8) is 0 Å². The van der Waals surface area contributed by atoms with Crippen LogP contribution >= 0.6 is 0 Å². The molecule has 0 aromatic rings. The van der Waals surface area contributed by atoms with Crippen molar-refractivity contribution in [3.05, 3.63) is 0 Å². The largest absolute Gasteiger partial charge is 0.270 e. The predicted octanol–water partition coefficient (Wildman–Crippen LogP) is -0.370. The molecule has 2 unspecified atom stereocenters. The van der Waals surface area contributed by atoms with Crippen molar-refractivity contribution >= 4 is 11.7 Å². The van der Waals surface area contributed by atoms with Crippen LogP contribution in [0, 0.1) is 0 Å². The van der Waals surface area contributed by atoms with Crippen molar-refractivity contribution < 1.29 is 9.68 Å².